The molecule has 6 amide bonds. The number of nitrogens with one attached hydrogen (secondary N) is 7. The number of hydrazone groups is 1. The van der Waals surface area contributed by atoms with Crippen molar-refractivity contribution in [2.24, 2.45) is 27.5 Å². The third-order valence-electron chi connectivity index (χ3n) is 9.76. The van der Waals surface area contributed by atoms with E-state index < -0.39 is 94.6 Å². The van der Waals surface area contributed by atoms with Crippen molar-refractivity contribution in [3.8, 4) is 5.75 Å². The van der Waals surface area contributed by atoms with Gasteiger partial charge in [-0.25, -0.2) is 4.98 Å². The maximum absolute atomic E-state index is 13.9. The largest absolute Gasteiger partial charge is 0.494 e. The van der Waals surface area contributed by atoms with Gasteiger partial charge in [0.1, 0.15) is 40.6 Å². The van der Waals surface area contributed by atoms with Crippen LogP contribution in [0, 0.1) is 5.92 Å². The van der Waals surface area contributed by atoms with Gasteiger partial charge in [-0.05, 0) is 61.1 Å². The second kappa shape index (κ2) is 25.1. The lowest BCUT2D eigenvalue weighted by Crippen LogP contribution is -2.59. The Morgan fingerprint density at radius 1 is 0.896 bits per heavy atom. The summed E-state index contributed by atoms with van der Waals surface area (Å²) >= 11 is 0. The molecule has 0 bridgehead atoms. The summed E-state index contributed by atoms with van der Waals surface area (Å²) in [6.07, 6.45) is 2.25. The van der Waals surface area contributed by atoms with Gasteiger partial charge in [0.2, 0.25) is 29.5 Å². The fraction of sp³-hybridized carbons (Fsp3) is 0.381. The Balaban J connectivity index is 1.36. The number of pyridine rings is 1. The second-order valence-corrected chi connectivity index (χ2v) is 16.7. The van der Waals surface area contributed by atoms with Gasteiger partial charge < -0.3 is 53.2 Å². The molecule has 4 atom stereocenters. The monoisotopic (exact) mass is 950 g/mol. The lowest BCUT2D eigenvalue weighted by atomic mass is 9.99. The molecule has 0 saturated carbocycles. The number of aromatic nitrogens is 1. The molecule has 0 radical (unpaired) electrons. The molecule has 0 unspecified atom stereocenters. The summed E-state index contributed by atoms with van der Waals surface area (Å²) in [5.74, 6) is -5.97. The van der Waals surface area contributed by atoms with Gasteiger partial charge in [-0.1, -0.05) is 44.2 Å². The van der Waals surface area contributed by atoms with Gasteiger partial charge in [-0.15, -0.1) is 0 Å². The number of carbonyl (C=O) groups is 7. The van der Waals surface area contributed by atoms with Crippen LogP contribution in [0.15, 0.2) is 81.8 Å². The summed E-state index contributed by atoms with van der Waals surface area (Å²) < 4.78 is 38.3. The number of amides is 6. The predicted octanol–water partition coefficient (Wildman–Crippen LogP) is -1.23. The minimum atomic E-state index is -4.45. The Kier molecular flexibility index (Phi) is 19.5. The molecule has 1 fully saturated rings. The minimum absolute atomic E-state index is 0.0473. The van der Waals surface area contributed by atoms with Crippen molar-refractivity contribution in [3.05, 3.63) is 83.6 Å². The van der Waals surface area contributed by atoms with E-state index in [1.54, 1.807) is 44.2 Å². The van der Waals surface area contributed by atoms with E-state index in [-0.39, 0.29) is 66.8 Å². The summed E-state index contributed by atoms with van der Waals surface area (Å²) in [7, 11) is -4.45. The minimum Gasteiger partial charge on any atom is -0.494 e. The van der Waals surface area contributed by atoms with E-state index in [2.05, 4.69) is 52.4 Å². The van der Waals surface area contributed by atoms with Crippen LogP contribution in [0.4, 0.5) is 5.82 Å². The molecule has 1 aromatic heterocycles. The van der Waals surface area contributed by atoms with Crippen LogP contribution in [0.1, 0.15) is 61.0 Å². The number of benzene rings is 2. The fourth-order valence-electron chi connectivity index (χ4n) is 6.33. The normalized spacial score (nSPS) is 18.5. The average Bonchev–Trinajstić information content (AvgIpc) is 3.27. The van der Waals surface area contributed by atoms with Crippen molar-refractivity contribution in [2.75, 3.05) is 31.7 Å². The number of nitrogens with zero attached hydrogens (tertiary/aromatic N) is 3. The summed E-state index contributed by atoms with van der Waals surface area (Å²) in [6, 6.07) is 9.85. The van der Waals surface area contributed by atoms with E-state index in [1.165, 1.54) is 42.7 Å². The third-order valence-corrected chi connectivity index (χ3v) is 10.7. The SMILES string of the molecule is CC(C)[C@@H]1NC(=O)[C@@H](Cc2ccc(OCCCNC(=O)c3ccc(N/N=C/c4ccccc4S(=O)(=O)O)nc3)cc2)NC(=O)[C@H](CC(=O)O)NC(=O)CNC(=O)[C@H](CCCN=C(N)N)NC1=O. The van der Waals surface area contributed by atoms with Gasteiger partial charge in [0.25, 0.3) is 16.0 Å². The van der Waals surface area contributed by atoms with E-state index in [4.69, 9.17) is 16.2 Å². The molecule has 2 aromatic carbocycles. The van der Waals surface area contributed by atoms with Crippen LogP contribution in [-0.2, 0) is 45.3 Å². The van der Waals surface area contributed by atoms with E-state index in [9.17, 15) is 51.6 Å². The lowest BCUT2D eigenvalue weighted by Gasteiger charge is -2.27. The number of nitrogens with two attached hydrogens (primary N) is 2. The van der Waals surface area contributed by atoms with Crippen molar-refractivity contribution >= 4 is 69.5 Å². The van der Waals surface area contributed by atoms with Gasteiger partial charge >= 0.3 is 5.97 Å². The van der Waals surface area contributed by atoms with Crippen LogP contribution >= 0.6 is 0 Å². The highest BCUT2D eigenvalue weighted by molar-refractivity contribution is 7.86. The van der Waals surface area contributed by atoms with Gasteiger partial charge in [-0.3, -0.25) is 48.5 Å². The van der Waals surface area contributed by atoms with Crippen molar-refractivity contribution in [3.63, 3.8) is 0 Å². The number of carboxylic acids is 1. The molecule has 2 heterocycles. The molecule has 25 heteroatoms. The zero-order valence-electron chi connectivity index (χ0n) is 36.6. The van der Waals surface area contributed by atoms with Gasteiger partial charge in [-0.2, -0.15) is 13.5 Å². The summed E-state index contributed by atoms with van der Waals surface area (Å²) in [6.45, 7) is 3.25. The van der Waals surface area contributed by atoms with E-state index in [1.807, 2.05) is 0 Å². The highest BCUT2D eigenvalue weighted by Gasteiger charge is 2.34. The van der Waals surface area contributed by atoms with Gasteiger partial charge in [0.15, 0.2) is 5.96 Å². The van der Waals surface area contributed by atoms with E-state index in [0.717, 1.165) is 0 Å². The maximum atomic E-state index is 13.9. The third kappa shape index (κ3) is 17.3. The van der Waals surface area contributed by atoms with Crippen LogP contribution in [0.3, 0.4) is 0 Å². The standard InChI is InChI=1S/C42H54N12O12S/c1-24(2)36-41(62)51-29(8-5-16-46-42(43)44)38(59)48-23-34(55)50-31(20-35(56)57)39(60)52-30(40(61)53-36)19-25-10-13-28(14-11-25)66-18-6-17-45-37(58)27-12-15-33(47-21-27)54-49-22-26-7-3-4-9-32(26)67(63,64)65/h3-4,7,9-15,21-22,24,29-31,36H,5-6,8,16-20,23H2,1-2H3,(H,45,58)(H,47,54)(H,48,59)(H,50,55)(H,51,62)(H,52,60)(H,53,61)(H,56,57)(H4,43,44,46)(H,63,64,65)/b49-22+/t29-,30+,31-,36-/m0/s1. The fourth-order valence-corrected chi connectivity index (χ4v) is 7.00. The highest BCUT2D eigenvalue weighted by atomic mass is 32.2. The molecule has 0 spiro atoms. The number of guanidine groups is 1. The smallest absolute Gasteiger partial charge is 0.305 e. The van der Waals surface area contributed by atoms with Crippen LogP contribution < -0.4 is 53.5 Å². The predicted molar refractivity (Wildman–Crippen MR) is 242 cm³/mol. The number of ether oxygens (including phenoxy) is 1. The van der Waals surface area contributed by atoms with Crippen molar-refractivity contribution < 1.29 is 56.4 Å². The summed E-state index contributed by atoms with van der Waals surface area (Å²) in [5.41, 5.74) is 14.3. The molecule has 67 heavy (non-hydrogen) atoms. The Labute approximate surface area is 385 Å². The number of hydrogen-bond donors (Lipinski definition) is 11. The molecule has 0 aliphatic carbocycles. The molecule has 1 aliphatic heterocycles. The van der Waals surface area contributed by atoms with Crippen LogP contribution in [0.25, 0.3) is 0 Å². The number of aliphatic carboxylic acids is 1. The van der Waals surface area contributed by atoms with Gasteiger partial charge in [0.05, 0.1) is 31.4 Å². The van der Waals surface area contributed by atoms with E-state index >= 15 is 0 Å². The first-order valence-electron chi connectivity index (χ1n) is 20.9. The first-order valence-corrected chi connectivity index (χ1v) is 22.3. The first kappa shape index (κ1) is 52.0. The molecule has 360 valence electrons. The molecule has 13 N–H and O–H groups in total. The van der Waals surface area contributed by atoms with Gasteiger partial charge in [0, 0.05) is 31.3 Å². The first-order chi connectivity index (χ1) is 31.8. The number of carboxylic acid groups (broad SMARTS) is 1. The molecule has 3 aromatic rings. The molecular formula is C42H54N12O12S. The Hall–Kier alpha value is -7.67. The number of aliphatic imine (C=N–C) groups is 1. The molecule has 1 aliphatic rings. The quantitative estimate of drug-likeness (QED) is 0.0220. The van der Waals surface area contributed by atoms with Crippen molar-refractivity contribution in [1.82, 2.24) is 36.9 Å². The molecule has 4 rings (SSSR count). The lowest BCUT2D eigenvalue weighted by molar-refractivity contribution is -0.141. The van der Waals surface area contributed by atoms with Crippen molar-refractivity contribution in [1.29, 1.82) is 0 Å². The summed E-state index contributed by atoms with van der Waals surface area (Å²) in [4.78, 5) is 99.1. The Morgan fingerprint density at radius 2 is 1.60 bits per heavy atom. The van der Waals surface area contributed by atoms with Crippen LogP contribution in [-0.4, -0.2) is 127 Å². The summed E-state index contributed by atoms with van der Waals surface area (Å²) in [5, 5.41) is 28.7. The number of rotatable bonds is 19. The van der Waals surface area contributed by atoms with Crippen LogP contribution in [0.2, 0.25) is 0 Å². The zero-order valence-corrected chi connectivity index (χ0v) is 37.4. The molecular weight excluding hydrogens is 897 g/mol. The zero-order chi connectivity index (χ0) is 49.1. The second-order valence-electron chi connectivity index (χ2n) is 15.4. The van der Waals surface area contributed by atoms with Crippen LogP contribution in [0.5, 0.6) is 5.75 Å². The van der Waals surface area contributed by atoms with E-state index in [0.29, 0.717) is 17.7 Å². The molecule has 1 saturated heterocycles. The molecule has 24 nitrogen and oxygen atoms in total. The maximum Gasteiger partial charge on any atom is 0.305 e. The number of anilines is 1. The Morgan fingerprint density at radius 3 is 2.25 bits per heavy atom. The topological polar surface area (TPSA) is 377 Å². The number of hydrogen-bond acceptors (Lipinski definition) is 14. The van der Waals surface area contributed by atoms with Crippen molar-refractivity contribution in [2.45, 2.75) is 75.0 Å². The highest BCUT2D eigenvalue weighted by Crippen LogP contribution is 2.16. The number of carbonyl (C=O) groups excluding carboxylic acids is 6. The average molecular weight is 951 g/mol. The Bertz CT molecular complexity index is 2410.